The molecular formula is C12H24O6. The van der Waals surface area contributed by atoms with Crippen LogP contribution in [-0.4, -0.2) is 76.3 Å². The lowest BCUT2D eigenvalue weighted by Crippen LogP contribution is -2.31. The summed E-state index contributed by atoms with van der Waals surface area (Å²) in [7, 11) is 0. The largest absolute Gasteiger partial charge is 0.396 e. The van der Waals surface area contributed by atoms with Crippen LogP contribution in [0.5, 0.6) is 0 Å². The number of aliphatic hydroxyl groups excluding tert-OH is 2. The van der Waals surface area contributed by atoms with Crippen LogP contribution in [0.25, 0.3) is 0 Å². The third kappa shape index (κ3) is 6.63. The molecular weight excluding hydrogens is 240 g/mol. The molecule has 0 atom stereocenters. The Morgan fingerprint density at radius 1 is 0.722 bits per heavy atom. The molecule has 0 spiro atoms. The highest BCUT2D eigenvalue weighted by atomic mass is 16.6. The molecule has 0 aliphatic carbocycles. The first-order valence-electron chi connectivity index (χ1n) is 6.41. The lowest BCUT2D eigenvalue weighted by atomic mass is 9.95. The van der Waals surface area contributed by atoms with E-state index >= 15 is 0 Å². The number of ether oxygens (including phenoxy) is 4. The lowest BCUT2D eigenvalue weighted by molar-refractivity contribution is -0.0240. The Balaban J connectivity index is 2.37. The van der Waals surface area contributed by atoms with Gasteiger partial charge in [0.15, 0.2) is 0 Å². The summed E-state index contributed by atoms with van der Waals surface area (Å²) in [5.74, 6) is -0.224. The molecule has 0 aromatic rings. The molecule has 6 heteroatoms. The van der Waals surface area contributed by atoms with Crippen LogP contribution in [0.2, 0.25) is 0 Å². The van der Waals surface area contributed by atoms with Gasteiger partial charge in [-0.3, -0.25) is 0 Å². The Labute approximate surface area is 108 Å². The molecule has 6 nitrogen and oxygen atoms in total. The van der Waals surface area contributed by atoms with E-state index in [0.29, 0.717) is 52.9 Å². The highest BCUT2D eigenvalue weighted by Crippen LogP contribution is 2.13. The zero-order valence-electron chi connectivity index (χ0n) is 10.8. The van der Waals surface area contributed by atoms with Crippen molar-refractivity contribution in [2.75, 3.05) is 66.1 Å². The fourth-order valence-corrected chi connectivity index (χ4v) is 1.70. The lowest BCUT2D eigenvalue weighted by Gasteiger charge is -2.23. The van der Waals surface area contributed by atoms with E-state index in [-0.39, 0.29) is 25.0 Å². The quantitative estimate of drug-likeness (QED) is 0.701. The van der Waals surface area contributed by atoms with Crippen molar-refractivity contribution < 1.29 is 29.2 Å². The molecule has 1 saturated heterocycles. The van der Waals surface area contributed by atoms with Crippen molar-refractivity contribution >= 4 is 0 Å². The van der Waals surface area contributed by atoms with Crippen LogP contribution < -0.4 is 0 Å². The van der Waals surface area contributed by atoms with Crippen molar-refractivity contribution in [3.63, 3.8) is 0 Å². The molecule has 1 fully saturated rings. The summed E-state index contributed by atoms with van der Waals surface area (Å²) in [5, 5.41) is 18.4. The van der Waals surface area contributed by atoms with Gasteiger partial charge in [-0.2, -0.15) is 0 Å². The summed E-state index contributed by atoms with van der Waals surface area (Å²) in [6.45, 7) is 3.94. The van der Waals surface area contributed by atoms with Crippen LogP contribution in [-0.2, 0) is 18.9 Å². The Morgan fingerprint density at radius 2 is 1.11 bits per heavy atom. The van der Waals surface area contributed by atoms with E-state index in [9.17, 15) is 10.2 Å². The van der Waals surface area contributed by atoms with E-state index in [1.54, 1.807) is 0 Å². The minimum absolute atomic E-state index is 0.0132. The first kappa shape index (κ1) is 15.8. The summed E-state index contributed by atoms with van der Waals surface area (Å²) in [4.78, 5) is 0. The molecule has 108 valence electrons. The van der Waals surface area contributed by atoms with Crippen molar-refractivity contribution in [1.82, 2.24) is 0 Å². The molecule has 0 amide bonds. The van der Waals surface area contributed by atoms with Gasteiger partial charge in [-0.1, -0.05) is 0 Å². The smallest absolute Gasteiger partial charge is 0.0701 e. The number of hydrogen-bond acceptors (Lipinski definition) is 6. The molecule has 0 saturated carbocycles. The van der Waals surface area contributed by atoms with Crippen molar-refractivity contribution in [3.05, 3.63) is 0 Å². The topological polar surface area (TPSA) is 77.4 Å². The summed E-state index contributed by atoms with van der Waals surface area (Å²) in [6, 6.07) is 0. The van der Waals surface area contributed by atoms with E-state index in [1.165, 1.54) is 0 Å². The number of aliphatic hydroxyl groups is 2. The van der Waals surface area contributed by atoms with E-state index in [1.807, 2.05) is 0 Å². The number of rotatable bonds is 3. The minimum Gasteiger partial charge on any atom is -0.396 e. The third-order valence-electron chi connectivity index (χ3n) is 2.92. The predicted molar refractivity (Wildman–Crippen MR) is 64.4 cm³/mol. The Hall–Kier alpha value is -0.240. The first-order valence-corrected chi connectivity index (χ1v) is 6.41. The molecule has 18 heavy (non-hydrogen) atoms. The van der Waals surface area contributed by atoms with Gasteiger partial charge in [0.1, 0.15) is 0 Å². The SMILES string of the molecule is OCC(CO)C1COCCOCCOCCOC1. The highest BCUT2D eigenvalue weighted by Gasteiger charge is 2.21. The minimum atomic E-state index is -0.211. The van der Waals surface area contributed by atoms with Crippen molar-refractivity contribution in [2.24, 2.45) is 11.8 Å². The van der Waals surface area contributed by atoms with Gasteiger partial charge in [-0.15, -0.1) is 0 Å². The molecule has 1 heterocycles. The van der Waals surface area contributed by atoms with Gasteiger partial charge in [-0.25, -0.2) is 0 Å². The highest BCUT2D eigenvalue weighted by molar-refractivity contribution is 4.68. The van der Waals surface area contributed by atoms with Gasteiger partial charge in [0.25, 0.3) is 0 Å². The summed E-state index contributed by atoms with van der Waals surface area (Å²) in [5.41, 5.74) is 0. The van der Waals surface area contributed by atoms with Gasteiger partial charge in [0.2, 0.25) is 0 Å². The van der Waals surface area contributed by atoms with Gasteiger partial charge in [-0.05, 0) is 0 Å². The Kier molecular flexibility index (Phi) is 9.37. The fraction of sp³-hybridized carbons (Fsp3) is 1.00. The molecule has 0 unspecified atom stereocenters. The standard InChI is InChI=1S/C12H24O6/c13-7-11(8-14)12-9-17-5-3-15-1-2-16-4-6-18-10-12/h11-14H,1-10H2. The van der Waals surface area contributed by atoms with E-state index in [4.69, 9.17) is 18.9 Å². The van der Waals surface area contributed by atoms with Crippen LogP contribution in [0.3, 0.4) is 0 Å². The second kappa shape index (κ2) is 10.7. The first-order chi connectivity index (χ1) is 8.88. The zero-order valence-corrected chi connectivity index (χ0v) is 10.8. The maximum Gasteiger partial charge on any atom is 0.0701 e. The normalized spacial score (nSPS) is 22.2. The maximum atomic E-state index is 9.19. The molecule has 0 aromatic carbocycles. The second-order valence-electron chi connectivity index (χ2n) is 4.26. The van der Waals surface area contributed by atoms with Crippen LogP contribution in [0.4, 0.5) is 0 Å². The summed E-state index contributed by atoms with van der Waals surface area (Å²) < 4.78 is 21.6. The van der Waals surface area contributed by atoms with Gasteiger partial charge >= 0.3 is 0 Å². The molecule has 2 N–H and O–H groups in total. The average molecular weight is 264 g/mol. The molecule has 0 radical (unpaired) electrons. The van der Waals surface area contributed by atoms with Gasteiger partial charge in [0.05, 0.1) is 52.9 Å². The number of hydrogen-bond donors (Lipinski definition) is 2. The van der Waals surface area contributed by atoms with E-state index < -0.39 is 0 Å². The fourth-order valence-electron chi connectivity index (χ4n) is 1.70. The molecule has 0 aromatic heterocycles. The van der Waals surface area contributed by atoms with Crippen LogP contribution >= 0.6 is 0 Å². The maximum absolute atomic E-state index is 9.19. The molecule has 1 aliphatic rings. The monoisotopic (exact) mass is 264 g/mol. The van der Waals surface area contributed by atoms with Crippen LogP contribution in [0.1, 0.15) is 0 Å². The molecule has 1 aliphatic heterocycles. The summed E-state index contributed by atoms with van der Waals surface area (Å²) >= 11 is 0. The van der Waals surface area contributed by atoms with E-state index in [2.05, 4.69) is 0 Å². The van der Waals surface area contributed by atoms with E-state index in [0.717, 1.165) is 0 Å². The second-order valence-corrected chi connectivity index (χ2v) is 4.26. The Morgan fingerprint density at radius 3 is 1.50 bits per heavy atom. The van der Waals surface area contributed by atoms with Crippen LogP contribution in [0, 0.1) is 11.8 Å². The van der Waals surface area contributed by atoms with Crippen molar-refractivity contribution in [2.45, 2.75) is 0 Å². The van der Waals surface area contributed by atoms with Crippen molar-refractivity contribution in [3.8, 4) is 0 Å². The van der Waals surface area contributed by atoms with Gasteiger partial charge in [0, 0.05) is 25.0 Å². The van der Waals surface area contributed by atoms with Gasteiger partial charge < -0.3 is 29.2 Å². The summed E-state index contributed by atoms with van der Waals surface area (Å²) in [6.07, 6.45) is 0. The third-order valence-corrected chi connectivity index (χ3v) is 2.92. The average Bonchev–Trinajstić information content (AvgIpc) is 2.42. The molecule has 1 rings (SSSR count). The predicted octanol–water partition coefficient (Wildman–Crippen LogP) is -0.717. The Bertz CT molecular complexity index is 171. The van der Waals surface area contributed by atoms with Crippen LogP contribution in [0.15, 0.2) is 0 Å². The zero-order chi connectivity index (χ0) is 13.1. The van der Waals surface area contributed by atoms with Crippen molar-refractivity contribution in [1.29, 1.82) is 0 Å². The molecule has 0 bridgehead atoms.